The van der Waals surface area contributed by atoms with E-state index in [1.165, 1.54) is 0 Å². The topological polar surface area (TPSA) is 74.6 Å². The Kier molecular flexibility index (Phi) is 4.38. The van der Waals surface area contributed by atoms with Gasteiger partial charge in [-0.15, -0.1) is 0 Å². The van der Waals surface area contributed by atoms with Crippen molar-refractivity contribution in [3.05, 3.63) is 59.7 Å². The Labute approximate surface area is 147 Å². The van der Waals surface area contributed by atoms with Crippen LogP contribution in [-0.2, 0) is 15.0 Å². The maximum atomic E-state index is 12.2. The van der Waals surface area contributed by atoms with Crippen molar-refractivity contribution in [2.45, 2.75) is 32.1 Å². The van der Waals surface area contributed by atoms with Crippen molar-refractivity contribution in [3.8, 4) is 11.1 Å². The van der Waals surface area contributed by atoms with E-state index in [2.05, 4.69) is 0 Å². The van der Waals surface area contributed by atoms with Crippen LogP contribution < -0.4 is 0 Å². The third-order valence-corrected chi connectivity index (χ3v) is 5.55. The zero-order valence-electron chi connectivity index (χ0n) is 14.4. The van der Waals surface area contributed by atoms with Crippen LogP contribution in [0.25, 0.3) is 11.1 Å². The fourth-order valence-electron chi connectivity index (χ4n) is 4.68. The van der Waals surface area contributed by atoms with Crippen LogP contribution in [0.3, 0.4) is 0 Å². The van der Waals surface area contributed by atoms with Crippen molar-refractivity contribution >= 4 is 11.9 Å². The molecule has 2 N–H and O–H groups in total. The number of carbonyl (C=O) groups is 2. The summed E-state index contributed by atoms with van der Waals surface area (Å²) in [7, 11) is 0. The summed E-state index contributed by atoms with van der Waals surface area (Å²) in [5.41, 5.74) is 2.46. The highest BCUT2D eigenvalue weighted by molar-refractivity contribution is 5.89. The van der Waals surface area contributed by atoms with Crippen LogP contribution in [0.15, 0.2) is 48.5 Å². The van der Waals surface area contributed by atoms with Crippen molar-refractivity contribution in [2.75, 3.05) is 0 Å². The lowest BCUT2D eigenvalue weighted by Gasteiger charge is -2.41. The SMILES string of the molecule is CCC(C(=O)O)C1(C(CC)C(=O)O)c2ccccc2-c2ccccc21. The van der Waals surface area contributed by atoms with Crippen molar-refractivity contribution in [1.29, 1.82) is 0 Å². The maximum absolute atomic E-state index is 12.2. The number of carboxylic acids is 2. The Balaban J connectivity index is 2.46. The summed E-state index contributed by atoms with van der Waals surface area (Å²) in [5.74, 6) is -3.51. The van der Waals surface area contributed by atoms with Gasteiger partial charge in [0.15, 0.2) is 0 Å². The number of fused-ring (bicyclic) bond motifs is 3. The Hall–Kier alpha value is -2.62. The first-order valence-electron chi connectivity index (χ1n) is 8.65. The van der Waals surface area contributed by atoms with E-state index in [4.69, 9.17) is 0 Å². The zero-order chi connectivity index (χ0) is 18.2. The Morgan fingerprint density at radius 3 is 1.48 bits per heavy atom. The molecule has 4 heteroatoms. The highest BCUT2D eigenvalue weighted by Gasteiger charge is 2.57. The van der Waals surface area contributed by atoms with Gasteiger partial charge >= 0.3 is 11.9 Å². The van der Waals surface area contributed by atoms with E-state index < -0.39 is 29.2 Å². The lowest BCUT2D eigenvalue weighted by Crippen LogP contribution is -2.48. The monoisotopic (exact) mass is 338 g/mol. The lowest BCUT2D eigenvalue weighted by molar-refractivity contribution is -0.150. The fourth-order valence-corrected chi connectivity index (χ4v) is 4.68. The van der Waals surface area contributed by atoms with Crippen molar-refractivity contribution in [3.63, 3.8) is 0 Å². The summed E-state index contributed by atoms with van der Waals surface area (Å²) < 4.78 is 0. The smallest absolute Gasteiger partial charge is 0.307 e. The molecule has 2 atom stereocenters. The van der Waals surface area contributed by atoms with Crippen LogP contribution in [0.4, 0.5) is 0 Å². The first kappa shape index (κ1) is 17.2. The molecule has 1 aliphatic carbocycles. The lowest BCUT2D eigenvalue weighted by atomic mass is 9.59. The second-order valence-electron chi connectivity index (χ2n) is 6.56. The second kappa shape index (κ2) is 6.36. The number of hydrogen-bond donors (Lipinski definition) is 2. The van der Waals surface area contributed by atoms with Gasteiger partial charge in [0.05, 0.1) is 11.8 Å². The molecule has 0 aliphatic heterocycles. The van der Waals surface area contributed by atoms with Crippen molar-refractivity contribution in [2.24, 2.45) is 11.8 Å². The Morgan fingerprint density at radius 2 is 1.16 bits per heavy atom. The predicted octanol–water partition coefficient (Wildman–Crippen LogP) is 4.17. The molecule has 1 aliphatic rings. The largest absolute Gasteiger partial charge is 0.481 e. The minimum Gasteiger partial charge on any atom is -0.481 e. The van der Waals surface area contributed by atoms with Crippen LogP contribution in [0, 0.1) is 11.8 Å². The molecule has 0 bridgehead atoms. The number of benzene rings is 2. The van der Waals surface area contributed by atoms with Crippen molar-refractivity contribution in [1.82, 2.24) is 0 Å². The average molecular weight is 338 g/mol. The highest BCUT2D eigenvalue weighted by Crippen LogP contribution is 2.58. The molecule has 2 unspecified atom stereocenters. The van der Waals surface area contributed by atoms with Gasteiger partial charge in [0.1, 0.15) is 0 Å². The van der Waals surface area contributed by atoms with Gasteiger partial charge in [-0.2, -0.15) is 0 Å². The molecule has 2 aromatic carbocycles. The molecular weight excluding hydrogens is 316 g/mol. The van der Waals surface area contributed by atoms with Gasteiger partial charge in [-0.1, -0.05) is 62.4 Å². The quantitative estimate of drug-likeness (QED) is 0.829. The van der Waals surface area contributed by atoms with Gasteiger partial charge in [-0.05, 0) is 35.1 Å². The maximum Gasteiger partial charge on any atom is 0.307 e. The Morgan fingerprint density at radius 1 is 0.800 bits per heavy atom. The first-order valence-corrected chi connectivity index (χ1v) is 8.65. The molecule has 0 amide bonds. The van der Waals surface area contributed by atoms with Crippen LogP contribution in [0.2, 0.25) is 0 Å². The molecule has 0 aromatic heterocycles. The van der Waals surface area contributed by atoms with E-state index in [1.54, 1.807) is 0 Å². The van der Waals surface area contributed by atoms with Crippen molar-refractivity contribution < 1.29 is 19.8 Å². The molecule has 0 fully saturated rings. The molecular formula is C21H22O4. The van der Waals surface area contributed by atoms with Crippen LogP contribution in [0.1, 0.15) is 37.8 Å². The Bertz CT molecular complexity index is 755. The first-order chi connectivity index (χ1) is 12.0. The minimum atomic E-state index is -1.06. The molecule has 4 nitrogen and oxygen atoms in total. The predicted molar refractivity (Wildman–Crippen MR) is 95.5 cm³/mol. The van der Waals surface area contributed by atoms with Gasteiger partial charge in [-0.25, -0.2) is 0 Å². The number of carboxylic acid groups (broad SMARTS) is 2. The summed E-state index contributed by atoms with van der Waals surface area (Å²) in [6.07, 6.45) is 0.726. The molecule has 2 aromatic rings. The highest BCUT2D eigenvalue weighted by atomic mass is 16.4. The van der Waals surface area contributed by atoms with Crippen LogP contribution in [0.5, 0.6) is 0 Å². The van der Waals surface area contributed by atoms with E-state index in [0.29, 0.717) is 12.8 Å². The van der Waals surface area contributed by atoms with Gasteiger partial charge in [-0.3, -0.25) is 9.59 Å². The summed E-state index contributed by atoms with van der Waals surface area (Å²) >= 11 is 0. The molecule has 130 valence electrons. The molecule has 0 heterocycles. The standard InChI is InChI=1S/C21H22O4/c1-3-15(19(22)23)21(16(4-2)20(24)25)17-11-7-5-9-13(17)14-10-6-8-12-18(14)21/h5-12,15-16H,3-4H2,1-2H3,(H,22,23)(H,24,25). The molecule has 0 saturated heterocycles. The molecule has 25 heavy (non-hydrogen) atoms. The molecule has 0 saturated carbocycles. The summed E-state index contributed by atoms with van der Waals surface area (Å²) in [6, 6.07) is 15.3. The number of aliphatic carboxylic acids is 2. The fraction of sp³-hybridized carbons (Fsp3) is 0.333. The average Bonchev–Trinajstić information content (AvgIpc) is 2.88. The summed E-state index contributed by atoms with van der Waals surface area (Å²) in [4.78, 5) is 24.4. The van der Waals surface area contributed by atoms with E-state index in [-0.39, 0.29) is 0 Å². The number of hydrogen-bond acceptors (Lipinski definition) is 2. The van der Waals surface area contributed by atoms with Crippen LogP contribution in [-0.4, -0.2) is 22.2 Å². The van der Waals surface area contributed by atoms with E-state index in [9.17, 15) is 19.8 Å². The minimum absolute atomic E-state index is 0.363. The van der Waals surface area contributed by atoms with Gasteiger partial charge in [0.25, 0.3) is 0 Å². The normalized spacial score (nSPS) is 16.6. The van der Waals surface area contributed by atoms with Gasteiger partial charge in [0, 0.05) is 5.41 Å². The summed E-state index contributed by atoms with van der Waals surface area (Å²) in [6.45, 7) is 3.64. The second-order valence-corrected chi connectivity index (χ2v) is 6.56. The number of rotatable bonds is 6. The van der Waals surface area contributed by atoms with Gasteiger partial charge in [0.2, 0.25) is 0 Å². The third kappa shape index (κ3) is 2.28. The summed E-state index contributed by atoms with van der Waals surface area (Å²) in [5, 5.41) is 20.0. The van der Waals surface area contributed by atoms with Crippen LogP contribution >= 0.6 is 0 Å². The van der Waals surface area contributed by atoms with Gasteiger partial charge < -0.3 is 10.2 Å². The molecule has 3 rings (SSSR count). The van der Waals surface area contributed by atoms with E-state index in [1.807, 2.05) is 62.4 Å². The molecule has 0 spiro atoms. The third-order valence-electron chi connectivity index (χ3n) is 5.55. The van der Waals surface area contributed by atoms with E-state index in [0.717, 1.165) is 22.3 Å². The zero-order valence-corrected chi connectivity index (χ0v) is 14.4. The van der Waals surface area contributed by atoms with E-state index >= 15 is 0 Å². The molecule has 0 radical (unpaired) electrons.